The van der Waals surface area contributed by atoms with Crippen LogP contribution >= 0.6 is 0 Å². The highest BCUT2D eigenvalue weighted by atomic mass is 19.4. The van der Waals surface area contributed by atoms with Gasteiger partial charge < -0.3 is 34.2 Å². The lowest BCUT2D eigenvalue weighted by atomic mass is 9.98. The fourth-order valence-electron chi connectivity index (χ4n) is 7.60. The van der Waals surface area contributed by atoms with Crippen LogP contribution in [0.4, 0.5) is 24.7 Å². The quantitative estimate of drug-likeness (QED) is 0.292. The van der Waals surface area contributed by atoms with Crippen molar-refractivity contribution in [2.45, 2.75) is 56.1 Å². The Morgan fingerprint density at radius 1 is 1.06 bits per heavy atom. The average Bonchev–Trinajstić information content (AvgIpc) is 3.91. The summed E-state index contributed by atoms with van der Waals surface area (Å²) in [6.45, 7) is 7.12. The Morgan fingerprint density at radius 3 is 2.60 bits per heavy atom. The van der Waals surface area contributed by atoms with Gasteiger partial charge in [0.15, 0.2) is 6.10 Å². The van der Waals surface area contributed by atoms with Gasteiger partial charge in [0, 0.05) is 82.1 Å². The number of hydrogen-bond acceptors (Lipinski definition) is 11. The monoisotopic (exact) mass is 694 g/mol. The van der Waals surface area contributed by atoms with Gasteiger partial charge >= 0.3 is 12.2 Å². The predicted octanol–water partition coefficient (Wildman–Crippen LogP) is 4.27. The Kier molecular flexibility index (Phi) is 10.0. The number of anilines is 2. The lowest BCUT2D eigenvalue weighted by molar-refractivity contribution is -0.243. The number of methoxy groups -OCH3 is 1. The molecule has 268 valence electrons. The van der Waals surface area contributed by atoms with E-state index in [0.717, 1.165) is 74.6 Å². The number of nitriles is 1. The molecule has 2 saturated heterocycles. The van der Waals surface area contributed by atoms with Gasteiger partial charge in [-0.25, -0.2) is 0 Å². The van der Waals surface area contributed by atoms with Gasteiger partial charge in [0.25, 0.3) is 0 Å². The molecule has 2 atom stereocenters. The van der Waals surface area contributed by atoms with Gasteiger partial charge in [-0.1, -0.05) is 24.3 Å². The number of rotatable bonds is 11. The second-order valence-electron chi connectivity index (χ2n) is 13.9. The lowest BCUT2D eigenvalue weighted by Gasteiger charge is -2.39. The van der Waals surface area contributed by atoms with E-state index in [2.05, 4.69) is 38.0 Å². The Balaban J connectivity index is 1.22. The van der Waals surface area contributed by atoms with E-state index in [0.29, 0.717) is 56.2 Å². The number of hydrogen-bond donors (Lipinski definition) is 1. The van der Waals surface area contributed by atoms with Crippen molar-refractivity contribution in [2.24, 2.45) is 0 Å². The van der Waals surface area contributed by atoms with Crippen molar-refractivity contribution in [3.05, 3.63) is 53.2 Å². The third-order valence-corrected chi connectivity index (χ3v) is 10.5. The van der Waals surface area contributed by atoms with Gasteiger partial charge in [-0.3, -0.25) is 4.90 Å². The molecule has 0 bridgehead atoms. The maximum atomic E-state index is 14.3. The van der Waals surface area contributed by atoms with Crippen LogP contribution in [0.1, 0.15) is 42.2 Å². The number of fused-ring (bicyclic) bond motifs is 2. The van der Waals surface area contributed by atoms with Crippen LogP contribution in [-0.2, 0) is 22.4 Å². The second kappa shape index (κ2) is 14.5. The van der Waals surface area contributed by atoms with Crippen LogP contribution in [-0.4, -0.2) is 117 Å². The topological polar surface area (TPSA) is 102 Å². The van der Waals surface area contributed by atoms with E-state index in [1.807, 2.05) is 24.3 Å². The van der Waals surface area contributed by atoms with E-state index in [-0.39, 0.29) is 17.1 Å². The highest BCUT2D eigenvalue weighted by Crippen LogP contribution is 2.44. The van der Waals surface area contributed by atoms with Crippen molar-refractivity contribution in [3.63, 3.8) is 0 Å². The highest BCUT2D eigenvalue weighted by molar-refractivity contribution is 5.95. The van der Waals surface area contributed by atoms with Crippen LogP contribution in [0.25, 0.3) is 10.8 Å². The Labute approximate surface area is 290 Å². The van der Waals surface area contributed by atoms with Gasteiger partial charge in [0.05, 0.1) is 30.3 Å². The Morgan fingerprint density at radius 2 is 1.86 bits per heavy atom. The summed E-state index contributed by atoms with van der Waals surface area (Å²) >= 11 is 0. The molecule has 0 spiro atoms. The molecule has 2 aromatic carbocycles. The van der Waals surface area contributed by atoms with Gasteiger partial charge in [-0.05, 0) is 49.4 Å². The minimum atomic E-state index is -4.63. The van der Waals surface area contributed by atoms with E-state index >= 15 is 0 Å². The van der Waals surface area contributed by atoms with E-state index < -0.39 is 19.1 Å². The largest absolute Gasteiger partial charge is 0.461 e. The fourth-order valence-corrected chi connectivity index (χ4v) is 7.60. The standard InChI is InChI=1S/C36H45F3N8O3/c1-44-15-17-47(18-16-44)35(9-10-35)23-49-34-42-30-22-45(13-8-29(30)33(43-34)46-14-12-41-27(21-46)7-11-40)31-20-26(19-25-5-3-4-6-28(25)31)32(36(37,38)39)50-24-48-2/h3-6,19-20,27,32,41H,7-10,12-18,21-24H2,1-2H3/t27-,32?/m0/s1. The summed E-state index contributed by atoms with van der Waals surface area (Å²) in [4.78, 5) is 19.2. The molecule has 4 heterocycles. The van der Waals surface area contributed by atoms with Gasteiger partial charge in [-0.2, -0.15) is 28.4 Å². The number of nitrogens with one attached hydrogen (secondary N) is 1. The molecule has 7 rings (SSSR count). The zero-order chi connectivity index (χ0) is 34.9. The van der Waals surface area contributed by atoms with Crippen LogP contribution < -0.4 is 19.9 Å². The van der Waals surface area contributed by atoms with E-state index in [4.69, 9.17) is 24.2 Å². The summed E-state index contributed by atoms with van der Waals surface area (Å²) < 4.78 is 59.4. The van der Waals surface area contributed by atoms with Crippen molar-refractivity contribution < 1.29 is 27.4 Å². The zero-order valence-corrected chi connectivity index (χ0v) is 28.7. The molecule has 50 heavy (non-hydrogen) atoms. The van der Waals surface area contributed by atoms with Crippen molar-refractivity contribution in [1.82, 2.24) is 25.1 Å². The number of piperazine rings is 2. The first-order valence-corrected chi connectivity index (χ1v) is 17.4. The molecule has 1 aliphatic carbocycles. The summed E-state index contributed by atoms with van der Waals surface area (Å²) in [5.74, 6) is 0.822. The summed E-state index contributed by atoms with van der Waals surface area (Å²) in [6.07, 6.45) is -3.62. The first-order valence-electron chi connectivity index (χ1n) is 17.4. The fraction of sp³-hybridized carbons (Fsp3) is 0.583. The van der Waals surface area contributed by atoms with Gasteiger partial charge in [0.2, 0.25) is 0 Å². The number of likely N-dealkylation sites (N-methyl/N-ethyl adjacent to an activating group) is 1. The maximum Gasteiger partial charge on any atom is 0.418 e. The minimum absolute atomic E-state index is 0.00107. The molecule has 1 aromatic heterocycles. The molecule has 14 heteroatoms. The van der Waals surface area contributed by atoms with Crippen LogP contribution in [0.3, 0.4) is 0 Å². The molecule has 11 nitrogen and oxygen atoms in total. The first kappa shape index (κ1) is 34.7. The molecule has 3 fully saturated rings. The van der Waals surface area contributed by atoms with Crippen molar-refractivity contribution in [1.29, 1.82) is 5.26 Å². The summed E-state index contributed by atoms with van der Waals surface area (Å²) in [6, 6.07) is 13.3. The smallest absolute Gasteiger partial charge is 0.418 e. The molecular formula is C36H45F3N8O3. The number of ether oxygens (including phenoxy) is 3. The molecule has 1 unspecified atom stereocenters. The van der Waals surface area contributed by atoms with Crippen molar-refractivity contribution in [2.75, 3.05) is 89.7 Å². The van der Waals surface area contributed by atoms with Crippen LogP contribution in [0, 0.1) is 11.3 Å². The lowest BCUT2D eigenvalue weighted by Crippen LogP contribution is -2.52. The number of aromatic nitrogens is 2. The molecular weight excluding hydrogens is 649 g/mol. The third-order valence-electron chi connectivity index (χ3n) is 10.5. The van der Waals surface area contributed by atoms with Gasteiger partial charge in [0.1, 0.15) is 19.2 Å². The number of alkyl halides is 3. The average molecular weight is 695 g/mol. The third kappa shape index (κ3) is 7.34. The van der Waals surface area contributed by atoms with Gasteiger partial charge in [-0.15, -0.1) is 0 Å². The SMILES string of the molecule is COCOC(c1cc(N2CCc3c(nc(OCC4(N5CCN(C)CC5)CC4)nc3N3CCN[C@@H](CC#N)C3)C2)c2ccccc2c1)C(F)(F)F. The van der Waals surface area contributed by atoms with E-state index in [1.54, 1.807) is 12.1 Å². The molecule has 1 saturated carbocycles. The number of benzene rings is 2. The van der Waals surface area contributed by atoms with Crippen LogP contribution in [0.2, 0.25) is 0 Å². The van der Waals surface area contributed by atoms with Crippen molar-refractivity contribution in [3.8, 4) is 12.1 Å². The molecule has 3 aliphatic heterocycles. The number of halogens is 3. The molecule has 3 aromatic rings. The second-order valence-corrected chi connectivity index (χ2v) is 13.9. The maximum absolute atomic E-state index is 14.3. The summed E-state index contributed by atoms with van der Waals surface area (Å²) in [7, 11) is 3.46. The Bertz CT molecular complexity index is 1710. The molecule has 0 radical (unpaired) electrons. The zero-order valence-electron chi connectivity index (χ0n) is 28.7. The van der Waals surface area contributed by atoms with E-state index in [9.17, 15) is 18.4 Å². The summed E-state index contributed by atoms with van der Waals surface area (Å²) in [5.41, 5.74) is 2.52. The molecule has 4 aliphatic rings. The first-order chi connectivity index (χ1) is 24.2. The molecule has 1 N–H and O–H groups in total. The van der Waals surface area contributed by atoms with Crippen LogP contribution in [0.5, 0.6) is 6.01 Å². The van der Waals surface area contributed by atoms with Crippen molar-refractivity contribution >= 4 is 22.3 Å². The van der Waals surface area contributed by atoms with Crippen LogP contribution in [0.15, 0.2) is 36.4 Å². The Hall–Kier alpha value is -3.74. The summed E-state index contributed by atoms with van der Waals surface area (Å²) in [5, 5.41) is 14.4. The minimum Gasteiger partial charge on any atom is -0.461 e. The normalized spacial score (nSPS) is 21.9. The highest BCUT2D eigenvalue weighted by Gasteiger charge is 2.49. The van der Waals surface area contributed by atoms with E-state index in [1.165, 1.54) is 7.11 Å². The number of nitrogens with zero attached hydrogens (tertiary/aromatic N) is 7. The predicted molar refractivity (Wildman–Crippen MR) is 183 cm³/mol. The molecule has 0 amide bonds.